The predicted octanol–water partition coefficient (Wildman–Crippen LogP) is 6.05. The topological polar surface area (TPSA) is 89.2 Å². The number of furan rings is 1. The number of rotatable bonds is 10. The van der Waals surface area contributed by atoms with Gasteiger partial charge in [-0.15, -0.1) is 0 Å². The molecule has 1 amide bonds. The third-order valence-electron chi connectivity index (χ3n) is 6.65. The molecule has 194 valence electrons. The van der Waals surface area contributed by atoms with Gasteiger partial charge in [-0.2, -0.15) is 0 Å². The summed E-state index contributed by atoms with van der Waals surface area (Å²) in [6.07, 6.45) is 1.45. The molecule has 1 atom stereocenters. The van der Waals surface area contributed by atoms with Crippen molar-refractivity contribution in [3.63, 3.8) is 0 Å². The van der Waals surface area contributed by atoms with Gasteiger partial charge in [0.25, 0.3) is 5.91 Å². The van der Waals surface area contributed by atoms with Crippen molar-refractivity contribution in [3.8, 4) is 11.5 Å². The Morgan fingerprint density at radius 1 is 1.03 bits per heavy atom. The number of carbonyl (C=O) groups excluding carboxylic acids is 2. The molecule has 1 aliphatic rings. The van der Waals surface area contributed by atoms with Crippen LogP contribution in [0.4, 0.5) is 0 Å². The molecule has 0 aliphatic carbocycles. The summed E-state index contributed by atoms with van der Waals surface area (Å²) in [5.41, 5.74) is 2.16. The summed E-state index contributed by atoms with van der Waals surface area (Å²) < 4.78 is 17.0. The third kappa shape index (κ3) is 4.75. The molecule has 1 aliphatic heterocycles. The molecule has 5 rings (SSSR count). The van der Waals surface area contributed by atoms with Crippen molar-refractivity contribution in [1.29, 1.82) is 0 Å². The van der Waals surface area contributed by atoms with Gasteiger partial charge >= 0.3 is 0 Å². The summed E-state index contributed by atoms with van der Waals surface area (Å²) in [5.74, 6) is -0.488. The van der Waals surface area contributed by atoms with Crippen LogP contribution in [0.25, 0.3) is 11.0 Å². The van der Waals surface area contributed by atoms with Crippen molar-refractivity contribution in [1.82, 2.24) is 4.90 Å². The van der Waals surface area contributed by atoms with Gasteiger partial charge in [-0.05, 0) is 48.2 Å². The van der Waals surface area contributed by atoms with E-state index < -0.39 is 23.5 Å². The van der Waals surface area contributed by atoms with E-state index in [9.17, 15) is 14.7 Å². The Morgan fingerprint density at radius 3 is 2.50 bits per heavy atom. The molecule has 7 nitrogen and oxygen atoms in total. The van der Waals surface area contributed by atoms with Crippen LogP contribution in [0, 0.1) is 0 Å². The number of aliphatic hydroxyl groups excluding tert-OH is 1. The largest absolute Gasteiger partial charge is 0.503 e. The van der Waals surface area contributed by atoms with E-state index in [1.165, 1.54) is 7.11 Å². The number of aliphatic hydroxyl groups is 1. The number of fused-ring (bicyclic) bond motifs is 1. The minimum Gasteiger partial charge on any atom is -0.503 e. The van der Waals surface area contributed by atoms with Gasteiger partial charge in [0.1, 0.15) is 5.75 Å². The van der Waals surface area contributed by atoms with Crippen molar-refractivity contribution >= 4 is 22.7 Å². The summed E-state index contributed by atoms with van der Waals surface area (Å²) in [6, 6.07) is 23.2. The summed E-state index contributed by atoms with van der Waals surface area (Å²) in [7, 11) is 1.53. The van der Waals surface area contributed by atoms with Gasteiger partial charge in [-0.3, -0.25) is 9.59 Å². The normalized spacial score (nSPS) is 15.4. The molecular formula is C31H29NO6. The number of carbonyl (C=O) groups is 2. The lowest BCUT2D eigenvalue weighted by atomic mass is 9.94. The first-order chi connectivity index (χ1) is 18.5. The molecule has 3 aromatic carbocycles. The zero-order valence-electron chi connectivity index (χ0n) is 21.3. The molecule has 38 heavy (non-hydrogen) atoms. The second-order valence-corrected chi connectivity index (χ2v) is 9.13. The molecule has 0 bridgehead atoms. The molecule has 7 heteroatoms. The van der Waals surface area contributed by atoms with Crippen LogP contribution in [0.15, 0.2) is 94.6 Å². The van der Waals surface area contributed by atoms with Gasteiger partial charge in [0.05, 0.1) is 25.3 Å². The Bertz CT molecular complexity index is 1490. The van der Waals surface area contributed by atoms with E-state index in [-0.39, 0.29) is 11.3 Å². The first-order valence-corrected chi connectivity index (χ1v) is 12.6. The average Bonchev–Trinajstić information content (AvgIpc) is 3.50. The fourth-order valence-corrected chi connectivity index (χ4v) is 4.76. The highest BCUT2D eigenvalue weighted by Gasteiger charge is 2.44. The Kier molecular flexibility index (Phi) is 7.18. The summed E-state index contributed by atoms with van der Waals surface area (Å²) >= 11 is 0. The summed E-state index contributed by atoms with van der Waals surface area (Å²) in [6.45, 7) is 2.93. The SMILES string of the molecule is CCCOc1ccc(C2C(C(=O)c3cc4cccc(OC)c4o3)=C(O)C(=O)N2CCc2ccccc2)cc1. The first kappa shape index (κ1) is 25.1. The van der Waals surface area contributed by atoms with Crippen molar-refractivity contribution in [3.05, 3.63) is 107 Å². The highest BCUT2D eigenvalue weighted by molar-refractivity contribution is 6.16. The molecule has 4 aromatic rings. The maximum absolute atomic E-state index is 13.8. The average molecular weight is 512 g/mol. The van der Waals surface area contributed by atoms with Crippen LogP contribution in [0.5, 0.6) is 11.5 Å². The zero-order valence-corrected chi connectivity index (χ0v) is 21.3. The van der Waals surface area contributed by atoms with Gasteiger partial charge in [-0.1, -0.05) is 61.5 Å². The molecule has 0 spiro atoms. The van der Waals surface area contributed by atoms with Crippen molar-refractivity contribution in [2.75, 3.05) is 20.3 Å². The summed E-state index contributed by atoms with van der Waals surface area (Å²) in [4.78, 5) is 28.7. The zero-order chi connectivity index (χ0) is 26.6. The highest BCUT2D eigenvalue weighted by atomic mass is 16.5. The highest BCUT2D eigenvalue weighted by Crippen LogP contribution is 2.40. The minimum absolute atomic E-state index is 0.0108. The third-order valence-corrected chi connectivity index (χ3v) is 6.65. The molecule has 0 saturated carbocycles. The van der Waals surface area contributed by atoms with Gasteiger partial charge in [0.15, 0.2) is 22.9 Å². The smallest absolute Gasteiger partial charge is 0.290 e. The number of para-hydroxylation sites is 1. The van der Waals surface area contributed by atoms with Gasteiger partial charge in [0, 0.05) is 11.9 Å². The molecule has 0 saturated heterocycles. The fraction of sp³-hybridized carbons (Fsp3) is 0.226. The van der Waals surface area contributed by atoms with Crippen LogP contribution >= 0.6 is 0 Å². The van der Waals surface area contributed by atoms with Crippen molar-refractivity contribution in [2.45, 2.75) is 25.8 Å². The second kappa shape index (κ2) is 10.8. The fourth-order valence-electron chi connectivity index (χ4n) is 4.76. The number of hydrogen-bond acceptors (Lipinski definition) is 6. The monoisotopic (exact) mass is 511 g/mol. The van der Waals surface area contributed by atoms with Crippen LogP contribution in [-0.2, 0) is 11.2 Å². The van der Waals surface area contributed by atoms with Crippen LogP contribution in [0.2, 0.25) is 0 Å². The molecule has 2 heterocycles. The van der Waals surface area contributed by atoms with E-state index in [0.29, 0.717) is 47.6 Å². The minimum atomic E-state index is -0.783. The number of ether oxygens (including phenoxy) is 2. The Labute approximate surface area is 220 Å². The van der Waals surface area contributed by atoms with E-state index >= 15 is 0 Å². The first-order valence-electron chi connectivity index (χ1n) is 12.6. The molecule has 0 fully saturated rings. The number of Topliss-reactive ketones (excluding diaryl/α,β-unsaturated/α-hetero) is 1. The van der Waals surface area contributed by atoms with Gasteiger partial charge in [-0.25, -0.2) is 0 Å². The molecule has 1 N–H and O–H groups in total. The Balaban J connectivity index is 1.53. The maximum Gasteiger partial charge on any atom is 0.290 e. The van der Waals surface area contributed by atoms with E-state index in [2.05, 4.69) is 0 Å². The predicted molar refractivity (Wildman–Crippen MR) is 144 cm³/mol. The van der Waals surface area contributed by atoms with Crippen LogP contribution in [0.1, 0.15) is 41.1 Å². The molecule has 1 unspecified atom stereocenters. The molecule has 1 aromatic heterocycles. The number of methoxy groups -OCH3 is 1. The standard InChI is InChI=1S/C31H29NO6/c1-3-18-37-23-14-12-21(13-15-23)27-26(28(33)25-19-22-10-7-11-24(36-2)30(22)38-25)29(34)31(35)32(27)17-16-20-8-5-4-6-9-20/h4-15,19,27,34H,3,16-18H2,1-2H3. The lowest BCUT2D eigenvalue weighted by Gasteiger charge is -2.27. The van der Waals surface area contributed by atoms with E-state index in [0.717, 1.165) is 12.0 Å². The van der Waals surface area contributed by atoms with E-state index in [1.807, 2.05) is 67.6 Å². The lowest BCUT2D eigenvalue weighted by Crippen LogP contribution is -2.33. The molecular weight excluding hydrogens is 482 g/mol. The van der Waals surface area contributed by atoms with Crippen molar-refractivity contribution in [2.24, 2.45) is 0 Å². The van der Waals surface area contributed by atoms with Crippen LogP contribution in [0.3, 0.4) is 0 Å². The van der Waals surface area contributed by atoms with E-state index in [1.54, 1.807) is 23.1 Å². The second-order valence-electron chi connectivity index (χ2n) is 9.13. The Morgan fingerprint density at radius 2 is 1.79 bits per heavy atom. The van der Waals surface area contributed by atoms with Crippen molar-refractivity contribution < 1.29 is 28.6 Å². The van der Waals surface area contributed by atoms with Crippen LogP contribution < -0.4 is 9.47 Å². The lowest BCUT2D eigenvalue weighted by molar-refractivity contribution is -0.129. The Hall–Kier alpha value is -4.52. The summed E-state index contributed by atoms with van der Waals surface area (Å²) in [5, 5.41) is 11.7. The molecule has 0 radical (unpaired) electrons. The van der Waals surface area contributed by atoms with Gasteiger partial charge in [0.2, 0.25) is 5.78 Å². The van der Waals surface area contributed by atoms with Crippen LogP contribution in [-0.4, -0.2) is 42.0 Å². The number of benzene rings is 3. The maximum atomic E-state index is 13.8. The van der Waals surface area contributed by atoms with Gasteiger partial charge < -0.3 is 23.9 Å². The number of ketones is 1. The quantitative estimate of drug-likeness (QED) is 0.261. The van der Waals surface area contributed by atoms with E-state index in [4.69, 9.17) is 13.9 Å². The number of amides is 1. The number of hydrogen-bond donors (Lipinski definition) is 1. The number of nitrogens with zero attached hydrogens (tertiary/aromatic N) is 1.